The smallest absolute Gasteiger partial charge is 0.193 e. The van der Waals surface area contributed by atoms with Crippen LogP contribution in [-0.2, 0) is 4.74 Å². The van der Waals surface area contributed by atoms with Gasteiger partial charge < -0.3 is 19.7 Å². The van der Waals surface area contributed by atoms with Crippen molar-refractivity contribution < 1.29 is 9.47 Å². The lowest BCUT2D eigenvalue weighted by Gasteiger charge is -2.21. The van der Waals surface area contributed by atoms with E-state index in [9.17, 15) is 0 Å². The van der Waals surface area contributed by atoms with Crippen LogP contribution in [0.2, 0.25) is 0 Å². The van der Waals surface area contributed by atoms with Crippen molar-refractivity contribution in [2.45, 2.75) is 6.42 Å². The van der Waals surface area contributed by atoms with E-state index in [1.807, 2.05) is 19.2 Å². The lowest BCUT2D eigenvalue weighted by atomic mass is 10.1. The molecule has 0 saturated carbocycles. The van der Waals surface area contributed by atoms with Crippen molar-refractivity contribution in [3.8, 4) is 5.75 Å². The van der Waals surface area contributed by atoms with Crippen molar-refractivity contribution in [3.63, 3.8) is 0 Å². The number of rotatable bonds is 6. The molecule has 1 heterocycles. The summed E-state index contributed by atoms with van der Waals surface area (Å²) in [5.74, 6) is 2.42. The Kier molecular flexibility index (Phi) is 6.74. The van der Waals surface area contributed by atoms with Gasteiger partial charge in [0.25, 0.3) is 0 Å². The lowest BCUT2D eigenvalue weighted by Crippen LogP contribution is -2.41. The molecule has 0 aliphatic carbocycles. The van der Waals surface area contributed by atoms with E-state index in [0.717, 1.165) is 48.8 Å². The van der Waals surface area contributed by atoms with Gasteiger partial charge in [-0.2, -0.15) is 0 Å². The minimum atomic E-state index is 0.590. The summed E-state index contributed by atoms with van der Waals surface area (Å²) in [6, 6.07) is 12.4. The maximum atomic E-state index is 5.89. The van der Waals surface area contributed by atoms with Gasteiger partial charge in [-0.05, 0) is 41.5 Å². The highest BCUT2D eigenvalue weighted by atomic mass is 79.9. The molecule has 140 valence electrons. The summed E-state index contributed by atoms with van der Waals surface area (Å²) in [6.45, 7) is 4.14. The van der Waals surface area contributed by atoms with Crippen molar-refractivity contribution in [1.29, 1.82) is 0 Å². The van der Waals surface area contributed by atoms with E-state index in [1.54, 1.807) is 7.11 Å². The van der Waals surface area contributed by atoms with Gasteiger partial charge in [-0.15, -0.1) is 0 Å². The van der Waals surface area contributed by atoms with Gasteiger partial charge >= 0.3 is 0 Å². The molecule has 0 bridgehead atoms. The number of ether oxygens (including phenoxy) is 2. The molecule has 26 heavy (non-hydrogen) atoms. The summed E-state index contributed by atoms with van der Waals surface area (Å²) >= 11 is 3.50. The number of aliphatic imine (C=N–C) groups is 1. The molecule has 0 amide bonds. The van der Waals surface area contributed by atoms with Gasteiger partial charge in [0.05, 0.1) is 13.2 Å². The van der Waals surface area contributed by atoms with Crippen molar-refractivity contribution in [2.24, 2.45) is 10.9 Å². The number of methoxy groups -OCH3 is 1. The quantitative estimate of drug-likeness (QED) is 0.441. The molecule has 2 aromatic rings. The average Bonchev–Trinajstić information content (AvgIpc) is 3.10. The molecule has 0 radical (unpaired) electrons. The number of hydrogen-bond acceptors (Lipinski definition) is 3. The second-order valence-electron chi connectivity index (χ2n) is 6.53. The van der Waals surface area contributed by atoms with E-state index in [1.165, 1.54) is 10.8 Å². The molecule has 1 saturated heterocycles. The summed E-state index contributed by atoms with van der Waals surface area (Å²) in [7, 11) is 3.59. The first-order valence-corrected chi connectivity index (χ1v) is 9.75. The number of hydrogen-bond donors (Lipinski definition) is 1. The van der Waals surface area contributed by atoms with Gasteiger partial charge in [0.2, 0.25) is 0 Å². The van der Waals surface area contributed by atoms with Crippen molar-refractivity contribution >= 4 is 32.7 Å². The topological polar surface area (TPSA) is 46.1 Å². The molecule has 1 aliphatic rings. The molecule has 0 aromatic heterocycles. The van der Waals surface area contributed by atoms with Crippen LogP contribution in [0.15, 0.2) is 45.9 Å². The number of fused-ring (bicyclic) bond motifs is 1. The van der Waals surface area contributed by atoms with Crippen LogP contribution < -0.4 is 10.1 Å². The fraction of sp³-hybridized carbons (Fsp3) is 0.450. The largest absolute Gasteiger partial charge is 0.492 e. The maximum absolute atomic E-state index is 5.89. The Balaban J connectivity index is 1.46. The minimum Gasteiger partial charge on any atom is -0.492 e. The summed E-state index contributed by atoms with van der Waals surface area (Å²) in [4.78, 5) is 6.68. The van der Waals surface area contributed by atoms with Crippen LogP contribution in [0.4, 0.5) is 0 Å². The predicted molar refractivity (Wildman–Crippen MR) is 110 cm³/mol. The fourth-order valence-corrected chi connectivity index (χ4v) is 3.72. The van der Waals surface area contributed by atoms with Gasteiger partial charge in [-0.25, -0.2) is 0 Å². The molecule has 1 aliphatic heterocycles. The molecule has 1 atom stereocenters. The predicted octanol–water partition coefficient (Wildman–Crippen LogP) is 3.52. The summed E-state index contributed by atoms with van der Waals surface area (Å²) in [5.41, 5.74) is 0. The highest BCUT2D eigenvalue weighted by Gasteiger charge is 2.24. The third kappa shape index (κ3) is 4.89. The van der Waals surface area contributed by atoms with Gasteiger partial charge in [-0.3, -0.25) is 4.99 Å². The first kappa shape index (κ1) is 19.0. The zero-order chi connectivity index (χ0) is 18.4. The molecule has 6 heteroatoms. The Morgan fingerprint density at radius 2 is 2.08 bits per heavy atom. The second-order valence-corrected chi connectivity index (χ2v) is 7.45. The highest BCUT2D eigenvalue weighted by Crippen LogP contribution is 2.24. The van der Waals surface area contributed by atoms with Crippen LogP contribution in [0.1, 0.15) is 6.42 Å². The average molecular weight is 420 g/mol. The van der Waals surface area contributed by atoms with Crippen LogP contribution >= 0.6 is 15.9 Å². The van der Waals surface area contributed by atoms with Crippen molar-refractivity contribution in [1.82, 2.24) is 10.2 Å². The summed E-state index contributed by atoms with van der Waals surface area (Å²) in [6.07, 6.45) is 1.15. The Morgan fingerprint density at radius 3 is 2.88 bits per heavy atom. The van der Waals surface area contributed by atoms with Crippen LogP contribution in [0, 0.1) is 5.92 Å². The first-order valence-electron chi connectivity index (χ1n) is 8.96. The molecule has 5 nitrogen and oxygen atoms in total. The second kappa shape index (κ2) is 9.24. The molecule has 1 N–H and O–H groups in total. The van der Waals surface area contributed by atoms with E-state index in [-0.39, 0.29) is 0 Å². The molecular formula is C20H26BrN3O2. The van der Waals surface area contributed by atoms with Crippen molar-refractivity contribution in [2.75, 3.05) is 47.0 Å². The van der Waals surface area contributed by atoms with Gasteiger partial charge in [0.15, 0.2) is 5.96 Å². The molecule has 3 rings (SSSR count). The van der Waals surface area contributed by atoms with E-state index in [4.69, 9.17) is 9.47 Å². The SMILES string of the molecule is CN=C(NCCOc1ccc2cc(Br)ccc2c1)N1CCC(COC)C1. The Labute approximate surface area is 163 Å². The molecular weight excluding hydrogens is 394 g/mol. The van der Waals surface area contributed by atoms with E-state index in [2.05, 4.69) is 55.4 Å². The Morgan fingerprint density at radius 1 is 1.27 bits per heavy atom. The van der Waals surface area contributed by atoms with E-state index in [0.29, 0.717) is 12.5 Å². The van der Waals surface area contributed by atoms with Gasteiger partial charge in [0.1, 0.15) is 12.4 Å². The molecule has 0 spiro atoms. The zero-order valence-electron chi connectivity index (χ0n) is 15.4. The number of guanidine groups is 1. The highest BCUT2D eigenvalue weighted by molar-refractivity contribution is 9.10. The number of nitrogens with one attached hydrogen (secondary N) is 1. The molecule has 2 aromatic carbocycles. The summed E-state index contributed by atoms with van der Waals surface area (Å²) in [5, 5.41) is 5.77. The number of likely N-dealkylation sites (tertiary alicyclic amines) is 1. The van der Waals surface area contributed by atoms with Gasteiger partial charge in [-0.1, -0.05) is 28.1 Å². The third-order valence-corrected chi connectivity index (χ3v) is 5.12. The first-order chi connectivity index (χ1) is 12.7. The normalized spacial score (nSPS) is 17.7. The maximum Gasteiger partial charge on any atom is 0.193 e. The summed E-state index contributed by atoms with van der Waals surface area (Å²) < 4.78 is 12.2. The Hall–Kier alpha value is -1.79. The number of nitrogens with zero attached hydrogens (tertiary/aromatic N) is 2. The van der Waals surface area contributed by atoms with Gasteiger partial charge in [0, 0.05) is 37.6 Å². The third-order valence-electron chi connectivity index (χ3n) is 4.63. The van der Waals surface area contributed by atoms with E-state index < -0.39 is 0 Å². The van der Waals surface area contributed by atoms with Crippen LogP contribution in [-0.4, -0.2) is 57.9 Å². The van der Waals surface area contributed by atoms with Crippen LogP contribution in [0.3, 0.4) is 0 Å². The fourth-order valence-electron chi connectivity index (χ4n) is 3.35. The van der Waals surface area contributed by atoms with Crippen molar-refractivity contribution in [3.05, 3.63) is 40.9 Å². The lowest BCUT2D eigenvalue weighted by molar-refractivity contribution is 0.157. The Bertz CT molecular complexity index is 766. The van der Waals surface area contributed by atoms with Crippen LogP contribution in [0.5, 0.6) is 5.75 Å². The number of benzene rings is 2. The monoisotopic (exact) mass is 419 g/mol. The van der Waals surface area contributed by atoms with Crippen LogP contribution in [0.25, 0.3) is 10.8 Å². The zero-order valence-corrected chi connectivity index (χ0v) is 17.0. The van der Waals surface area contributed by atoms with E-state index >= 15 is 0 Å². The molecule has 1 fully saturated rings. The number of halogens is 1. The minimum absolute atomic E-state index is 0.590. The standard InChI is InChI=1S/C20H26BrN3O2/c1-22-20(24-9-7-15(13-24)14-25-2)23-8-10-26-19-6-4-16-11-18(21)5-3-17(16)12-19/h3-6,11-12,15H,7-10,13-14H2,1-2H3,(H,22,23). The molecule has 1 unspecified atom stereocenters.